The highest BCUT2D eigenvalue weighted by atomic mass is 16.6. The summed E-state index contributed by atoms with van der Waals surface area (Å²) in [6, 6.07) is 11.4. The molecule has 0 radical (unpaired) electrons. The van der Waals surface area contributed by atoms with Crippen molar-refractivity contribution in [2.24, 2.45) is 0 Å². The average Bonchev–Trinajstić information content (AvgIpc) is 3.12. The van der Waals surface area contributed by atoms with Crippen molar-refractivity contribution in [1.82, 2.24) is 15.0 Å². The molecule has 7 heteroatoms. The molecule has 2 aromatic heterocycles. The number of ether oxygens (including phenoxy) is 1. The lowest BCUT2D eigenvalue weighted by molar-refractivity contribution is 0.181. The van der Waals surface area contributed by atoms with E-state index in [1.165, 1.54) is 0 Å². The number of aryl methyl sites for hydroxylation is 1. The molecule has 1 saturated heterocycles. The van der Waals surface area contributed by atoms with Crippen LogP contribution in [0.4, 0.5) is 22.0 Å². The lowest BCUT2D eigenvalue weighted by Crippen LogP contribution is -2.23. The van der Waals surface area contributed by atoms with Gasteiger partial charge in [0.1, 0.15) is 12.4 Å². The van der Waals surface area contributed by atoms with E-state index in [-0.39, 0.29) is 6.09 Å². The van der Waals surface area contributed by atoms with E-state index in [9.17, 15) is 4.79 Å². The summed E-state index contributed by atoms with van der Waals surface area (Å²) in [6.07, 6.45) is 3.14. The molecule has 0 spiro atoms. The number of carbonyl (C=O) groups excluding carboxylic acids is 1. The fourth-order valence-corrected chi connectivity index (χ4v) is 2.89. The second-order valence-electron chi connectivity index (χ2n) is 6.29. The molecule has 0 atom stereocenters. The van der Waals surface area contributed by atoms with Crippen molar-refractivity contribution in [1.29, 1.82) is 0 Å². The highest BCUT2D eigenvalue weighted by molar-refractivity contribution is 5.90. The second kappa shape index (κ2) is 7.03. The molecule has 136 valence electrons. The Morgan fingerprint density at radius 3 is 2.78 bits per heavy atom. The fraction of sp³-hybridized carbons (Fsp3) is 0.200. The van der Waals surface area contributed by atoms with Crippen LogP contribution in [0.25, 0.3) is 11.4 Å². The molecular weight excluding hydrogens is 342 g/mol. The predicted molar refractivity (Wildman–Crippen MR) is 103 cm³/mol. The van der Waals surface area contributed by atoms with Crippen molar-refractivity contribution in [2.45, 2.75) is 13.8 Å². The maximum absolute atomic E-state index is 11.8. The number of benzene rings is 1. The van der Waals surface area contributed by atoms with Crippen LogP contribution in [0.2, 0.25) is 0 Å². The number of hydrogen-bond acceptors (Lipinski definition) is 6. The Morgan fingerprint density at radius 1 is 1.15 bits per heavy atom. The second-order valence-corrected chi connectivity index (χ2v) is 6.29. The summed E-state index contributed by atoms with van der Waals surface area (Å²) in [6.45, 7) is 4.90. The van der Waals surface area contributed by atoms with Gasteiger partial charge >= 0.3 is 6.09 Å². The highest BCUT2D eigenvalue weighted by Gasteiger charge is 2.23. The Morgan fingerprint density at radius 2 is 2.04 bits per heavy atom. The zero-order chi connectivity index (χ0) is 18.8. The van der Waals surface area contributed by atoms with Crippen molar-refractivity contribution in [3.8, 4) is 11.4 Å². The zero-order valence-corrected chi connectivity index (χ0v) is 15.1. The van der Waals surface area contributed by atoms with Crippen LogP contribution < -0.4 is 10.2 Å². The van der Waals surface area contributed by atoms with Gasteiger partial charge in [-0.05, 0) is 44.2 Å². The van der Waals surface area contributed by atoms with Crippen LogP contribution in [-0.2, 0) is 4.74 Å². The standard InChI is InChI=1S/C20H19N5O2/c1-13-14(2)22-19(15-5-4-8-21-12-15)24-18(13)23-16-6-3-7-17(11-16)25-9-10-27-20(25)26/h3-8,11-12H,9-10H2,1-2H3,(H,22,23,24). The molecule has 3 aromatic rings. The molecule has 1 aliphatic rings. The van der Waals surface area contributed by atoms with Gasteiger partial charge in [0.15, 0.2) is 5.82 Å². The number of amides is 1. The van der Waals surface area contributed by atoms with Crippen molar-refractivity contribution < 1.29 is 9.53 Å². The van der Waals surface area contributed by atoms with E-state index in [0.717, 1.165) is 34.0 Å². The SMILES string of the molecule is Cc1nc(-c2cccnc2)nc(Nc2cccc(N3CCOC3=O)c2)c1C. The third-order valence-electron chi connectivity index (χ3n) is 4.49. The molecule has 1 N–H and O–H groups in total. The number of hydrogen-bond donors (Lipinski definition) is 1. The lowest BCUT2D eigenvalue weighted by Gasteiger charge is -2.16. The van der Waals surface area contributed by atoms with Crippen molar-refractivity contribution in [3.05, 3.63) is 60.0 Å². The fourth-order valence-electron chi connectivity index (χ4n) is 2.89. The molecule has 4 rings (SSSR count). The van der Waals surface area contributed by atoms with Gasteiger partial charge in [0.2, 0.25) is 0 Å². The molecule has 1 fully saturated rings. The quantitative estimate of drug-likeness (QED) is 0.760. The average molecular weight is 361 g/mol. The summed E-state index contributed by atoms with van der Waals surface area (Å²) in [4.78, 5) is 26.8. The first-order chi connectivity index (χ1) is 13.1. The van der Waals surface area contributed by atoms with E-state index in [2.05, 4.69) is 20.3 Å². The molecule has 1 amide bonds. The molecule has 1 aromatic carbocycles. The van der Waals surface area contributed by atoms with E-state index >= 15 is 0 Å². The normalized spacial score (nSPS) is 13.6. The zero-order valence-electron chi connectivity index (χ0n) is 15.1. The van der Waals surface area contributed by atoms with Gasteiger partial charge in [0.05, 0.1) is 6.54 Å². The molecule has 0 unspecified atom stereocenters. The summed E-state index contributed by atoms with van der Waals surface area (Å²) < 4.78 is 5.02. The van der Waals surface area contributed by atoms with Crippen LogP contribution in [0, 0.1) is 13.8 Å². The number of nitrogens with zero attached hydrogens (tertiary/aromatic N) is 4. The molecule has 7 nitrogen and oxygen atoms in total. The van der Waals surface area contributed by atoms with Gasteiger partial charge in [-0.15, -0.1) is 0 Å². The van der Waals surface area contributed by atoms with Gasteiger partial charge < -0.3 is 10.1 Å². The molecular formula is C20H19N5O2. The maximum atomic E-state index is 11.8. The summed E-state index contributed by atoms with van der Waals surface area (Å²) in [5.41, 5.74) is 4.35. The molecule has 3 heterocycles. The Kier molecular flexibility index (Phi) is 4.42. The largest absolute Gasteiger partial charge is 0.447 e. The summed E-state index contributed by atoms with van der Waals surface area (Å²) in [5.74, 6) is 1.34. The van der Waals surface area contributed by atoms with Gasteiger partial charge in [-0.1, -0.05) is 6.07 Å². The Hall–Kier alpha value is -3.48. The highest BCUT2D eigenvalue weighted by Crippen LogP contribution is 2.27. The number of pyridine rings is 1. The Bertz CT molecular complexity index is 991. The minimum absolute atomic E-state index is 0.319. The molecule has 1 aliphatic heterocycles. The minimum Gasteiger partial charge on any atom is -0.447 e. The van der Waals surface area contributed by atoms with Crippen LogP contribution in [0.15, 0.2) is 48.8 Å². The van der Waals surface area contributed by atoms with Gasteiger partial charge in [-0.2, -0.15) is 0 Å². The van der Waals surface area contributed by atoms with Crippen LogP contribution in [0.1, 0.15) is 11.3 Å². The maximum Gasteiger partial charge on any atom is 0.414 e. The third kappa shape index (κ3) is 3.44. The van der Waals surface area contributed by atoms with E-state index in [1.807, 2.05) is 50.2 Å². The number of rotatable bonds is 4. The predicted octanol–water partition coefficient (Wildman–Crippen LogP) is 3.86. The monoisotopic (exact) mass is 361 g/mol. The van der Waals surface area contributed by atoms with Crippen molar-refractivity contribution in [3.63, 3.8) is 0 Å². The van der Waals surface area contributed by atoms with Gasteiger partial charge in [0, 0.05) is 40.6 Å². The Labute approximate surface area is 157 Å². The summed E-state index contributed by atoms with van der Waals surface area (Å²) >= 11 is 0. The summed E-state index contributed by atoms with van der Waals surface area (Å²) in [7, 11) is 0. The third-order valence-corrected chi connectivity index (χ3v) is 4.49. The molecule has 0 saturated carbocycles. The van der Waals surface area contributed by atoms with E-state index in [1.54, 1.807) is 17.3 Å². The van der Waals surface area contributed by atoms with Crippen LogP contribution in [0.3, 0.4) is 0 Å². The topological polar surface area (TPSA) is 80.2 Å². The minimum atomic E-state index is -0.319. The Balaban J connectivity index is 1.66. The van der Waals surface area contributed by atoms with E-state index in [4.69, 9.17) is 4.74 Å². The lowest BCUT2D eigenvalue weighted by atomic mass is 10.2. The van der Waals surface area contributed by atoms with Crippen molar-refractivity contribution in [2.75, 3.05) is 23.4 Å². The first-order valence-electron chi connectivity index (χ1n) is 8.69. The molecule has 0 bridgehead atoms. The van der Waals surface area contributed by atoms with Gasteiger partial charge in [-0.3, -0.25) is 9.88 Å². The molecule has 0 aliphatic carbocycles. The van der Waals surface area contributed by atoms with Crippen LogP contribution in [-0.4, -0.2) is 34.2 Å². The number of anilines is 3. The number of nitrogens with one attached hydrogen (secondary N) is 1. The first-order valence-corrected chi connectivity index (χ1v) is 8.69. The number of carbonyl (C=O) groups is 1. The molecule has 27 heavy (non-hydrogen) atoms. The van der Waals surface area contributed by atoms with Crippen LogP contribution >= 0.6 is 0 Å². The number of cyclic esters (lactones) is 1. The van der Waals surface area contributed by atoms with Crippen LogP contribution in [0.5, 0.6) is 0 Å². The van der Waals surface area contributed by atoms with E-state index < -0.39 is 0 Å². The van der Waals surface area contributed by atoms with Crippen molar-refractivity contribution >= 4 is 23.3 Å². The van der Waals surface area contributed by atoms with Gasteiger partial charge in [-0.25, -0.2) is 14.8 Å². The van der Waals surface area contributed by atoms with Gasteiger partial charge in [0.25, 0.3) is 0 Å². The summed E-state index contributed by atoms with van der Waals surface area (Å²) in [5, 5.41) is 3.35. The first kappa shape index (κ1) is 17.0. The van der Waals surface area contributed by atoms with E-state index in [0.29, 0.717) is 19.0 Å². The number of aromatic nitrogens is 3. The smallest absolute Gasteiger partial charge is 0.414 e.